The van der Waals surface area contributed by atoms with E-state index in [9.17, 15) is 13.2 Å². The first-order chi connectivity index (χ1) is 11.7. The highest BCUT2D eigenvalue weighted by Crippen LogP contribution is 2.25. The number of anilines is 1. The second kappa shape index (κ2) is 6.27. The summed E-state index contributed by atoms with van der Waals surface area (Å²) >= 11 is 0. The Hall–Kier alpha value is -2.19. The lowest BCUT2D eigenvalue weighted by Crippen LogP contribution is -2.41. The second-order valence-corrected chi connectivity index (χ2v) is 8.20. The third kappa shape index (κ3) is 3.45. The SMILES string of the molecule is Cc1cc(C)cc(N2CCC(NS(=O)(=O)c3cn(C)c(C)n3)C2=O)c1. The smallest absolute Gasteiger partial charge is 0.260 e. The highest BCUT2D eigenvalue weighted by Gasteiger charge is 2.36. The highest BCUT2D eigenvalue weighted by atomic mass is 32.2. The number of hydrogen-bond acceptors (Lipinski definition) is 4. The van der Waals surface area contributed by atoms with Crippen LogP contribution in [0.25, 0.3) is 0 Å². The van der Waals surface area contributed by atoms with Crippen molar-refractivity contribution >= 4 is 21.6 Å². The van der Waals surface area contributed by atoms with Crippen LogP contribution in [0.1, 0.15) is 23.4 Å². The summed E-state index contributed by atoms with van der Waals surface area (Å²) in [6.07, 6.45) is 1.87. The zero-order valence-electron chi connectivity index (χ0n) is 14.8. The van der Waals surface area contributed by atoms with E-state index in [1.165, 1.54) is 6.20 Å². The fourth-order valence-corrected chi connectivity index (χ4v) is 4.32. The Kier molecular flexibility index (Phi) is 4.42. The quantitative estimate of drug-likeness (QED) is 0.892. The number of aromatic nitrogens is 2. The van der Waals surface area contributed by atoms with Gasteiger partial charge in [-0.3, -0.25) is 4.79 Å². The van der Waals surface area contributed by atoms with Gasteiger partial charge < -0.3 is 9.47 Å². The molecule has 1 aromatic heterocycles. The van der Waals surface area contributed by atoms with Crippen molar-refractivity contribution in [1.29, 1.82) is 0 Å². The molecule has 1 aliphatic rings. The predicted molar refractivity (Wildman–Crippen MR) is 94.9 cm³/mol. The lowest BCUT2D eigenvalue weighted by Gasteiger charge is -2.18. The zero-order valence-corrected chi connectivity index (χ0v) is 15.6. The maximum Gasteiger partial charge on any atom is 0.260 e. The molecule has 1 N–H and O–H groups in total. The van der Waals surface area contributed by atoms with Gasteiger partial charge in [-0.1, -0.05) is 6.07 Å². The number of amides is 1. The number of nitrogens with zero attached hydrogens (tertiary/aromatic N) is 3. The topological polar surface area (TPSA) is 84.3 Å². The van der Waals surface area contributed by atoms with Crippen LogP contribution < -0.4 is 9.62 Å². The molecule has 1 saturated heterocycles. The summed E-state index contributed by atoms with van der Waals surface area (Å²) in [6.45, 7) is 6.15. The Balaban J connectivity index is 1.80. The molecule has 0 bridgehead atoms. The minimum Gasteiger partial charge on any atom is -0.337 e. The van der Waals surface area contributed by atoms with Gasteiger partial charge in [0, 0.05) is 25.5 Å². The van der Waals surface area contributed by atoms with E-state index in [0.717, 1.165) is 16.8 Å². The fourth-order valence-electron chi connectivity index (χ4n) is 3.06. The van der Waals surface area contributed by atoms with Crippen LogP contribution in [0.15, 0.2) is 29.4 Å². The van der Waals surface area contributed by atoms with E-state index in [4.69, 9.17) is 0 Å². The maximum atomic E-state index is 12.7. The molecule has 1 aliphatic heterocycles. The molecule has 7 nitrogen and oxygen atoms in total. The van der Waals surface area contributed by atoms with Gasteiger partial charge in [0.25, 0.3) is 10.0 Å². The van der Waals surface area contributed by atoms with Crippen molar-refractivity contribution in [2.45, 2.75) is 38.3 Å². The van der Waals surface area contributed by atoms with E-state index >= 15 is 0 Å². The molecule has 0 aliphatic carbocycles. The number of imidazole rings is 1. The number of aryl methyl sites for hydroxylation is 4. The number of nitrogens with one attached hydrogen (secondary N) is 1. The van der Waals surface area contributed by atoms with Crippen molar-refractivity contribution in [3.63, 3.8) is 0 Å². The summed E-state index contributed by atoms with van der Waals surface area (Å²) in [4.78, 5) is 18.4. The first-order valence-electron chi connectivity index (χ1n) is 8.09. The Bertz CT molecular complexity index is 894. The lowest BCUT2D eigenvalue weighted by atomic mass is 10.1. The molecule has 1 atom stereocenters. The van der Waals surface area contributed by atoms with Crippen molar-refractivity contribution in [2.24, 2.45) is 7.05 Å². The molecule has 1 unspecified atom stereocenters. The Labute approximate surface area is 147 Å². The molecule has 134 valence electrons. The standard InChI is InChI=1S/C17H22N4O3S/c1-11-7-12(2)9-14(8-11)21-6-5-15(17(21)22)19-25(23,24)16-10-20(4)13(3)18-16/h7-10,15,19H,5-6H2,1-4H3. The van der Waals surface area contributed by atoms with Crippen molar-refractivity contribution in [1.82, 2.24) is 14.3 Å². The Morgan fingerprint density at radius 1 is 1.16 bits per heavy atom. The minimum absolute atomic E-state index is 0.0647. The molecule has 8 heteroatoms. The average molecular weight is 362 g/mol. The van der Waals surface area contributed by atoms with E-state index < -0.39 is 16.1 Å². The lowest BCUT2D eigenvalue weighted by molar-refractivity contribution is -0.118. The van der Waals surface area contributed by atoms with Crippen LogP contribution in [0.5, 0.6) is 0 Å². The molecule has 0 spiro atoms. The fraction of sp³-hybridized carbons (Fsp3) is 0.412. The summed E-state index contributed by atoms with van der Waals surface area (Å²) in [6, 6.07) is 5.13. The molecule has 0 saturated carbocycles. The molecule has 1 fully saturated rings. The van der Waals surface area contributed by atoms with Crippen molar-refractivity contribution in [3.05, 3.63) is 41.3 Å². The van der Waals surface area contributed by atoms with Gasteiger partial charge in [-0.15, -0.1) is 0 Å². The molecular formula is C17H22N4O3S. The van der Waals surface area contributed by atoms with Gasteiger partial charge in [0.15, 0.2) is 5.03 Å². The number of rotatable bonds is 4. The molecule has 25 heavy (non-hydrogen) atoms. The molecule has 3 rings (SSSR count). The van der Waals surface area contributed by atoms with E-state index in [1.807, 2.05) is 32.0 Å². The van der Waals surface area contributed by atoms with Crippen LogP contribution in [-0.4, -0.2) is 36.5 Å². The molecular weight excluding hydrogens is 340 g/mol. The zero-order chi connectivity index (χ0) is 18.4. The van der Waals surface area contributed by atoms with Crippen molar-refractivity contribution in [3.8, 4) is 0 Å². The van der Waals surface area contributed by atoms with Crippen LogP contribution in [-0.2, 0) is 21.9 Å². The molecule has 2 aromatic rings. The largest absolute Gasteiger partial charge is 0.337 e. The number of hydrogen-bond donors (Lipinski definition) is 1. The van der Waals surface area contributed by atoms with Gasteiger partial charge in [-0.05, 0) is 50.5 Å². The average Bonchev–Trinajstić information content (AvgIpc) is 3.02. The van der Waals surface area contributed by atoms with Gasteiger partial charge in [0.05, 0.1) is 0 Å². The number of carbonyl (C=O) groups excluding carboxylic acids is 1. The summed E-state index contributed by atoms with van der Waals surface area (Å²) in [7, 11) is -2.10. The van der Waals surface area contributed by atoms with Crippen molar-refractivity contribution in [2.75, 3.05) is 11.4 Å². The van der Waals surface area contributed by atoms with Crippen LogP contribution in [0.2, 0.25) is 0 Å². The first-order valence-corrected chi connectivity index (χ1v) is 9.57. The van der Waals surface area contributed by atoms with Gasteiger partial charge in [-0.25, -0.2) is 13.4 Å². The van der Waals surface area contributed by atoms with Crippen LogP contribution in [0.3, 0.4) is 0 Å². The number of sulfonamides is 1. The summed E-state index contributed by atoms with van der Waals surface area (Å²) in [5.74, 6) is 0.358. The van der Waals surface area contributed by atoms with Gasteiger partial charge >= 0.3 is 0 Å². The van der Waals surface area contributed by atoms with Gasteiger partial charge in [0.2, 0.25) is 5.91 Å². The van der Waals surface area contributed by atoms with Crippen LogP contribution in [0.4, 0.5) is 5.69 Å². The Morgan fingerprint density at radius 3 is 2.36 bits per heavy atom. The van der Waals surface area contributed by atoms with E-state index in [1.54, 1.807) is 23.4 Å². The number of carbonyl (C=O) groups is 1. The minimum atomic E-state index is -3.83. The monoisotopic (exact) mass is 362 g/mol. The summed E-state index contributed by atoms with van der Waals surface area (Å²) in [5.41, 5.74) is 2.93. The molecule has 0 radical (unpaired) electrons. The molecule has 1 aromatic carbocycles. The normalized spacial score (nSPS) is 18.2. The number of benzene rings is 1. The molecule has 2 heterocycles. The third-order valence-electron chi connectivity index (χ3n) is 4.38. The van der Waals surface area contributed by atoms with Crippen LogP contribution >= 0.6 is 0 Å². The van der Waals surface area contributed by atoms with E-state index in [-0.39, 0.29) is 10.9 Å². The van der Waals surface area contributed by atoms with E-state index in [0.29, 0.717) is 18.8 Å². The predicted octanol–water partition coefficient (Wildman–Crippen LogP) is 1.43. The van der Waals surface area contributed by atoms with Crippen molar-refractivity contribution < 1.29 is 13.2 Å². The highest BCUT2D eigenvalue weighted by molar-refractivity contribution is 7.89. The van der Waals surface area contributed by atoms with Crippen LogP contribution in [0, 0.1) is 20.8 Å². The second-order valence-electron chi connectivity index (χ2n) is 6.54. The van der Waals surface area contributed by atoms with Gasteiger partial charge in [-0.2, -0.15) is 4.72 Å². The summed E-state index contributed by atoms with van der Waals surface area (Å²) < 4.78 is 29.1. The Morgan fingerprint density at radius 2 is 1.80 bits per heavy atom. The van der Waals surface area contributed by atoms with Gasteiger partial charge in [0.1, 0.15) is 11.9 Å². The van der Waals surface area contributed by atoms with E-state index in [2.05, 4.69) is 9.71 Å². The molecule has 1 amide bonds. The maximum absolute atomic E-state index is 12.7. The third-order valence-corrected chi connectivity index (χ3v) is 5.73. The first kappa shape index (κ1) is 17.6. The summed E-state index contributed by atoms with van der Waals surface area (Å²) in [5, 5.41) is -0.0647.